The van der Waals surface area contributed by atoms with Crippen molar-refractivity contribution in [3.63, 3.8) is 0 Å². The molecule has 0 spiro atoms. The molecule has 6 heteroatoms. The van der Waals surface area contributed by atoms with Crippen LogP contribution in [-0.2, 0) is 4.74 Å². The van der Waals surface area contributed by atoms with Crippen molar-refractivity contribution in [2.45, 2.75) is 13.3 Å². The zero-order chi connectivity index (χ0) is 21.9. The summed E-state index contributed by atoms with van der Waals surface area (Å²) in [5, 5.41) is 2.81. The molecule has 0 bridgehead atoms. The van der Waals surface area contributed by atoms with Crippen LogP contribution in [0.15, 0.2) is 78.9 Å². The summed E-state index contributed by atoms with van der Waals surface area (Å²) in [7, 11) is 0. The molecule has 0 aliphatic rings. The van der Waals surface area contributed by atoms with Crippen LogP contribution in [0.4, 0.5) is 5.69 Å². The lowest BCUT2D eigenvalue weighted by Gasteiger charge is -2.10. The number of nitrogens with one attached hydrogen (secondary N) is 1. The van der Waals surface area contributed by atoms with Crippen LogP contribution >= 0.6 is 0 Å². The number of esters is 1. The molecule has 0 radical (unpaired) electrons. The first-order chi connectivity index (χ1) is 15.2. The van der Waals surface area contributed by atoms with Gasteiger partial charge in [-0.05, 0) is 61.0 Å². The van der Waals surface area contributed by atoms with E-state index in [2.05, 4.69) is 5.32 Å². The Morgan fingerprint density at radius 2 is 1.42 bits per heavy atom. The number of benzene rings is 3. The van der Waals surface area contributed by atoms with Gasteiger partial charge in [-0.2, -0.15) is 0 Å². The Labute approximate surface area is 181 Å². The first-order valence-corrected chi connectivity index (χ1v) is 10.1. The van der Waals surface area contributed by atoms with Crippen molar-refractivity contribution in [3.05, 3.63) is 90.0 Å². The number of carbonyl (C=O) groups is 2. The highest BCUT2D eigenvalue weighted by Crippen LogP contribution is 2.17. The van der Waals surface area contributed by atoms with E-state index in [1.165, 1.54) is 0 Å². The average molecular weight is 419 g/mol. The minimum atomic E-state index is -0.374. The van der Waals surface area contributed by atoms with Gasteiger partial charge in [0, 0.05) is 11.3 Å². The number of rotatable bonds is 10. The fraction of sp³-hybridized carbons (Fsp3) is 0.200. The van der Waals surface area contributed by atoms with Gasteiger partial charge in [0.1, 0.15) is 24.7 Å². The van der Waals surface area contributed by atoms with Gasteiger partial charge in [0.05, 0.1) is 12.2 Å². The van der Waals surface area contributed by atoms with Crippen molar-refractivity contribution >= 4 is 17.6 Å². The Hall–Kier alpha value is -3.80. The molecule has 0 aliphatic heterocycles. The molecule has 0 aromatic heterocycles. The van der Waals surface area contributed by atoms with E-state index in [1.54, 1.807) is 48.5 Å². The topological polar surface area (TPSA) is 73.9 Å². The normalized spacial score (nSPS) is 10.2. The Kier molecular flexibility index (Phi) is 8.05. The van der Waals surface area contributed by atoms with Crippen LogP contribution in [-0.4, -0.2) is 31.7 Å². The molecule has 0 aliphatic carbocycles. The maximum Gasteiger partial charge on any atom is 0.338 e. The number of amides is 1. The first kappa shape index (κ1) is 21.9. The molecule has 0 saturated carbocycles. The number of anilines is 1. The van der Waals surface area contributed by atoms with Gasteiger partial charge in [0.25, 0.3) is 5.91 Å². The van der Waals surface area contributed by atoms with E-state index < -0.39 is 0 Å². The van der Waals surface area contributed by atoms with Crippen LogP contribution in [0.2, 0.25) is 0 Å². The quantitative estimate of drug-likeness (QED) is 0.371. The van der Waals surface area contributed by atoms with Gasteiger partial charge in [0.15, 0.2) is 0 Å². The van der Waals surface area contributed by atoms with E-state index in [1.807, 2.05) is 37.3 Å². The highest BCUT2D eigenvalue weighted by molar-refractivity contribution is 6.04. The van der Waals surface area contributed by atoms with Crippen LogP contribution in [0, 0.1) is 0 Å². The van der Waals surface area contributed by atoms with Crippen LogP contribution in [0.25, 0.3) is 0 Å². The molecule has 3 rings (SSSR count). The zero-order valence-corrected chi connectivity index (χ0v) is 17.4. The molecule has 0 saturated heterocycles. The first-order valence-electron chi connectivity index (χ1n) is 10.1. The SMILES string of the molecule is CCCOC(=O)c1ccc(NC(=O)c2cccc(OCCOc3ccccc3)c2)cc1. The van der Waals surface area contributed by atoms with Crippen molar-refractivity contribution in [1.82, 2.24) is 0 Å². The molecule has 160 valence electrons. The van der Waals surface area contributed by atoms with E-state index in [4.69, 9.17) is 14.2 Å². The fourth-order valence-corrected chi connectivity index (χ4v) is 2.73. The highest BCUT2D eigenvalue weighted by Gasteiger charge is 2.10. The van der Waals surface area contributed by atoms with Crippen LogP contribution in [0.1, 0.15) is 34.1 Å². The molecule has 0 unspecified atom stereocenters. The number of ether oxygens (including phenoxy) is 3. The van der Waals surface area contributed by atoms with Gasteiger partial charge >= 0.3 is 5.97 Å². The van der Waals surface area contributed by atoms with E-state index in [9.17, 15) is 9.59 Å². The third-order valence-corrected chi connectivity index (χ3v) is 4.28. The summed E-state index contributed by atoms with van der Waals surface area (Å²) in [6.45, 7) is 3.07. The maximum absolute atomic E-state index is 12.6. The Morgan fingerprint density at radius 1 is 0.742 bits per heavy atom. The van der Waals surface area contributed by atoms with Gasteiger partial charge in [-0.25, -0.2) is 4.79 Å². The summed E-state index contributed by atoms with van der Waals surface area (Å²) >= 11 is 0. The molecule has 1 N–H and O–H groups in total. The van der Waals surface area contributed by atoms with Crippen LogP contribution < -0.4 is 14.8 Å². The number of carbonyl (C=O) groups excluding carboxylic acids is 2. The number of hydrogen-bond acceptors (Lipinski definition) is 5. The minimum absolute atomic E-state index is 0.271. The van der Waals surface area contributed by atoms with Crippen molar-refractivity contribution in [1.29, 1.82) is 0 Å². The highest BCUT2D eigenvalue weighted by atomic mass is 16.5. The van der Waals surface area contributed by atoms with Crippen LogP contribution in [0.3, 0.4) is 0 Å². The smallest absolute Gasteiger partial charge is 0.338 e. The van der Waals surface area contributed by atoms with Gasteiger partial charge in [-0.1, -0.05) is 31.2 Å². The molecule has 3 aromatic carbocycles. The van der Waals surface area contributed by atoms with Gasteiger partial charge in [-0.15, -0.1) is 0 Å². The summed E-state index contributed by atoms with van der Waals surface area (Å²) in [4.78, 5) is 24.4. The van der Waals surface area contributed by atoms with E-state index in [0.717, 1.165) is 12.2 Å². The molecule has 1 amide bonds. The third kappa shape index (κ3) is 6.89. The summed E-state index contributed by atoms with van der Waals surface area (Å²) in [6, 6.07) is 23.0. The predicted molar refractivity (Wildman–Crippen MR) is 119 cm³/mol. The second-order valence-electron chi connectivity index (χ2n) is 6.71. The zero-order valence-electron chi connectivity index (χ0n) is 17.4. The summed E-state index contributed by atoms with van der Waals surface area (Å²) < 4.78 is 16.4. The molecule has 31 heavy (non-hydrogen) atoms. The molecular weight excluding hydrogens is 394 g/mol. The molecule has 3 aromatic rings. The van der Waals surface area contributed by atoms with Gasteiger partial charge < -0.3 is 19.5 Å². The summed E-state index contributed by atoms with van der Waals surface area (Å²) in [5.74, 6) is 0.718. The fourth-order valence-electron chi connectivity index (χ4n) is 2.73. The molecular formula is C25H25NO5. The lowest BCUT2D eigenvalue weighted by Crippen LogP contribution is -2.13. The second kappa shape index (κ2) is 11.4. The Morgan fingerprint density at radius 3 is 2.13 bits per heavy atom. The van der Waals surface area contributed by atoms with Crippen molar-refractivity contribution < 1.29 is 23.8 Å². The lowest BCUT2D eigenvalue weighted by atomic mass is 10.1. The molecule has 0 heterocycles. The standard InChI is InChI=1S/C25H25NO5/c1-2-15-31-25(28)19-11-13-21(14-12-19)26-24(27)20-7-6-10-23(18-20)30-17-16-29-22-8-4-3-5-9-22/h3-14,18H,2,15-17H2,1H3,(H,26,27). The van der Waals surface area contributed by atoms with E-state index in [0.29, 0.717) is 42.4 Å². The molecule has 0 fully saturated rings. The van der Waals surface area contributed by atoms with Crippen LogP contribution in [0.5, 0.6) is 11.5 Å². The Bertz CT molecular complexity index is 986. The van der Waals surface area contributed by atoms with E-state index in [-0.39, 0.29) is 11.9 Å². The third-order valence-electron chi connectivity index (χ3n) is 4.28. The summed E-state index contributed by atoms with van der Waals surface area (Å²) in [5.41, 5.74) is 1.49. The molecule has 0 atom stereocenters. The number of para-hydroxylation sites is 1. The minimum Gasteiger partial charge on any atom is -0.490 e. The molecule has 6 nitrogen and oxygen atoms in total. The van der Waals surface area contributed by atoms with Gasteiger partial charge in [0.2, 0.25) is 0 Å². The predicted octanol–water partition coefficient (Wildman–Crippen LogP) is 4.96. The average Bonchev–Trinajstić information content (AvgIpc) is 2.81. The van der Waals surface area contributed by atoms with Crippen molar-refractivity contribution in [2.24, 2.45) is 0 Å². The van der Waals surface area contributed by atoms with E-state index >= 15 is 0 Å². The Balaban J connectivity index is 1.50. The largest absolute Gasteiger partial charge is 0.490 e. The van der Waals surface area contributed by atoms with Crippen molar-refractivity contribution in [2.75, 3.05) is 25.1 Å². The van der Waals surface area contributed by atoms with Crippen molar-refractivity contribution in [3.8, 4) is 11.5 Å². The lowest BCUT2D eigenvalue weighted by molar-refractivity contribution is 0.0505. The number of hydrogen-bond donors (Lipinski definition) is 1. The summed E-state index contributed by atoms with van der Waals surface area (Å²) in [6.07, 6.45) is 0.767. The second-order valence-corrected chi connectivity index (χ2v) is 6.71. The maximum atomic E-state index is 12.6. The van der Waals surface area contributed by atoms with Gasteiger partial charge in [-0.3, -0.25) is 4.79 Å². The monoisotopic (exact) mass is 419 g/mol.